The third-order valence-electron chi connectivity index (χ3n) is 5.22. The largest absolute Gasteiger partial charge is 0.490 e. The topological polar surface area (TPSA) is 63.7 Å². The monoisotopic (exact) mass is 397 g/mol. The van der Waals surface area contributed by atoms with Crippen molar-refractivity contribution in [3.8, 4) is 11.5 Å². The minimum Gasteiger partial charge on any atom is -0.490 e. The Balaban J connectivity index is 1.59. The minimum absolute atomic E-state index is 0.0761. The van der Waals surface area contributed by atoms with Gasteiger partial charge in [-0.25, -0.2) is 0 Å². The third-order valence-corrected chi connectivity index (χ3v) is 5.22. The summed E-state index contributed by atoms with van der Waals surface area (Å²) in [4.78, 5) is 19.2. The van der Waals surface area contributed by atoms with Gasteiger partial charge >= 0.3 is 0 Å². The zero-order valence-corrected chi connectivity index (χ0v) is 17.6. The Hall–Kier alpha value is -2.60. The average molecular weight is 398 g/mol. The van der Waals surface area contributed by atoms with Crippen LogP contribution >= 0.6 is 0 Å². The van der Waals surface area contributed by atoms with E-state index in [1.54, 1.807) is 30.6 Å². The van der Waals surface area contributed by atoms with Gasteiger partial charge in [-0.1, -0.05) is 6.07 Å². The highest BCUT2D eigenvalue weighted by Gasteiger charge is 2.24. The summed E-state index contributed by atoms with van der Waals surface area (Å²) in [6.45, 7) is 10.1. The fourth-order valence-electron chi connectivity index (χ4n) is 3.52. The molecule has 6 nitrogen and oxygen atoms in total. The highest BCUT2D eigenvalue weighted by atomic mass is 16.5. The van der Waals surface area contributed by atoms with Gasteiger partial charge < -0.3 is 19.7 Å². The Morgan fingerprint density at radius 2 is 2.14 bits per heavy atom. The number of hydrogen-bond acceptors (Lipinski definition) is 5. The van der Waals surface area contributed by atoms with Gasteiger partial charge in [0.25, 0.3) is 5.91 Å². The first-order valence-electron chi connectivity index (χ1n) is 10.4. The van der Waals surface area contributed by atoms with Crippen LogP contribution < -0.4 is 14.8 Å². The van der Waals surface area contributed by atoms with E-state index in [4.69, 9.17) is 9.47 Å². The number of rotatable bonds is 9. The van der Waals surface area contributed by atoms with Crippen LogP contribution in [0.1, 0.15) is 43.1 Å². The highest BCUT2D eigenvalue weighted by Crippen LogP contribution is 2.29. The van der Waals surface area contributed by atoms with Crippen LogP contribution in [0.15, 0.2) is 42.7 Å². The van der Waals surface area contributed by atoms with Gasteiger partial charge in [0.1, 0.15) is 6.61 Å². The molecule has 1 amide bonds. The number of aromatic nitrogens is 1. The maximum Gasteiger partial charge on any atom is 0.251 e. The van der Waals surface area contributed by atoms with Crippen LogP contribution in [0, 0.1) is 5.92 Å². The van der Waals surface area contributed by atoms with Gasteiger partial charge in [0.05, 0.1) is 6.61 Å². The summed E-state index contributed by atoms with van der Waals surface area (Å²) < 4.78 is 11.6. The molecular formula is C23H31N3O3. The molecule has 0 saturated carbocycles. The SMILES string of the molecule is CCOc1cc(C(=O)NC[C@H]2CCN(C(C)C)C2)ccc1OCc1cccnc1. The molecule has 0 aliphatic carbocycles. The molecule has 1 fully saturated rings. The lowest BCUT2D eigenvalue weighted by molar-refractivity contribution is 0.0946. The number of nitrogens with zero attached hydrogens (tertiary/aromatic N) is 2. The summed E-state index contributed by atoms with van der Waals surface area (Å²) in [5.41, 5.74) is 1.56. The normalized spacial score (nSPS) is 16.8. The van der Waals surface area contributed by atoms with E-state index >= 15 is 0 Å². The fraction of sp³-hybridized carbons (Fsp3) is 0.478. The van der Waals surface area contributed by atoms with E-state index in [-0.39, 0.29) is 5.91 Å². The lowest BCUT2D eigenvalue weighted by atomic mass is 10.1. The fourth-order valence-corrected chi connectivity index (χ4v) is 3.52. The summed E-state index contributed by atoms with van der Waals surface area (Å²) in [5, 5.41) is 3.08. The van der Waals surface area contributed by atoms with Crippen molar-refractivity contribution in [2.24, 2.45) is 5.92 Å². The molecule has 1 aromatic heterocycles. The lowest BCUT2D eigenvalue weighted by Gasteiger charge is -2.20. The quantitative estimate of drug-likeness (QED) is 0.701. The van der Waals surface area contributed by atoms with E-state index in [0.29, 0.717) is 48.8 Å². The number of carbonyl (C=O) groups is 1. The number of carbonyl (C=O) groups excluding carboxylic acids is 1. The highest BCUT2D eigenvalue weighted by molar-refractivity contribution is 5.94. The molecule has 0 radical (unpaired) electrons. The van der Waals surface area contributed by atoms with Crippen molar-refractivity contribution in [1.29, 1.82) is 0 Å². The maximum atomic E-state index is 12.6. The molecule has 156 valence electrons. The number of benzene rings is 1. The molecule has 0 spiro atoms. The first kappa shape index (κ1) is 21.1. The Kier molecular flexibility index (Phi) is 7.47. The van der Waals surface area contributed by atoms with Crippen molar-refractivity contribution < 1.29 is 14.3 Å². The second-order valence-electron chi connectivity index (χ2n) is 7.70. The van der Waals surface area contributed by atoms with Crippen LogP contribution in [0.3, 0.4) is 0 Å². The lowest BCUT2D eigenvalue weighted by Crippen LogP contribution is -2.33. The molecule has 1 aliphatic rings. The molecule has 2 heterocycles. The van der Waals surface area contributed by atoms with Crippen LogP contribution in [0.2, 0.25) is 0 Å². The Morgan fingerprint density at radius 3 is 2.83 bits per heavy atom. The molecule has 0 bridgehead atoms. The summed E-state index contributed by atoms with van der Waals surface area (Å²) in [6, 6.07) is 9.73. The number of nitrogens with one attached hydrogen (secondary N) is 1. The summed E-state index contributed by atoms with van der Waals surface area (Å²) in [6.07, 6.45) is 4.63. The van der Waals surface area contributed by atoms with Crippen molar-refractivity contribution in [2.75, 3.05) is 26.2 Å². The number of ether oxygens (including phenoxy) is 2. The molecule has 1 aromatic carbocycles. The van der Waals surface area contributed by atoms with Crippen molar-refractivity contribution in [3.63, 3.8) is 0 Å². The summed E-state index contributed by atoms with van der Waals surface area (Å²) >= 11 is 0. The van der Waals surface area contributed by atoms with Gasteiger partial charge in [0.2, 0.25) is 0 Å². The number of hydrogen-bond donors (Lipinski definition) is 1. The second-order valence-corrected chi connectivity index (χ2v) is 7.70. The zero-order valence-electron chi connectivity index (χ0n) is 17.6. The Morgan fingerprint density at radius 1 is 1.28 bits per heavy atom. The van der Waals surface area contributed by atoms with E-state index in [1.807, 2.05) is 19.1 Å². The minimum atomic E-state index is -0.0761. The molecule has 6 heteroatoms. The first-order chi connectivity index (χ1) is 14.1. The predicted octanol–water partition coefficient (Wildman–Crippen LogP) is 3.52. The molecule has 1 N–H and O–H groups in total. The number of likely N-dealkylation sites (tertiary alicyclic amines) is 1. The van der Waals surface area contributed by atoms with Gasteiger partial charge in [0, 0.05) is 42.7 Å². The average Bonchev–Trinajstić information content (AvgIpc) is 3.21. The number of pyridine rings is 1. The van der Waals surface area contributed by atoms with Gasteiger partial charge in [-0.3, -0.25) is 9.78 Å². The van der Waals surface area contributed by atoms with Crippen molar-refractivity contribution in [1.82, 2.24) is 15.2 Å². The van der Waals surface area contributed by atoms with Gasteiger partial charge in [-0.05, 0) is 63.9 Å². The van der Waals surface area contributed by atoms with E-state index in [2.05, 4.69) is 29.0 Å². The molecule has 3 rings (SSSR count). The van der Waals surface area contributed by atoms with Crippen LogP contribution in [-0.4, -0.2) is 48.1 Å². The van der Waals surface area contributed by atoms with E-state index in [1.165, 1.54) is 0 Å². The molecule has 0 unspecified atom stereocenters. The zero-order chi connectivity index (χ0) is 20.6. The number of amides is 1. The third kappa shape index (κ3) is 5.94. The molecule has 2 aromatic rings. The summed E-state index contributed by atoms with van der Waals surface area (Å²) in [7, 11) is 0. The van der Waals surface area contributed by atoms with E-state index in [0.717, 1.165) is 25.1 Å². The molecule has 1 aliphatic heterocycles. The predicted molar refractivity (Wildman–Crippen MR) is 113 cm³/mol. The molecule has 29 heavy (non-hydrogen) atoms. The van der Waals surface area contributed by atoms with Gasteiger partial charge in [-0.2, -0.15) is 0 Å². The molecule has 1 atom stereocenters. The van der Waals surface area contributed by atoms with Crippen LogP contribution in [0.25, 0.3) is 0 Å². The van der Waals surface area contributed by atoms with Crippen molar-refractivity contribution in [3.05, 3.63) is 53.9 Å². The Labute approximate surface area is 173 Å². The van der Waals surface area contributed by atoms with Crippen molar-refractivity contribution >= 4 is 5.91 Å². The Bertz CT molecular complexity index is 795. The van der Waals surface area contributed by atoms with Crippen LogP contribution in [0.4, 0.5) is 0 Å². The van der Waals surface area contributed by atoms with Crippen LogP contribution in [0.5, 0.6) is 11.5 Å². The summed E-state index contributed by atoms with van der Waals surface area (Å²) in [5.74, 6) is 1.63. The van der Waals surface area contributed by atoms with Gasteiger partial charge in [0.15, 0.2) is 11.5 Å². The molecular weight excluding hydrogens is 366 g/mol. The van der Waals surface area contributed by atoms with Crippen LogP contribution in [-0.2, 0) is 6.61 Å². The van der Waals surface area contributed by atoms with E-state index < -0.39 is 0 Å². The standard InChI is InChI=1S/C23H31N3O3/c1-4-28-22-12-20(7-8-21(22)29-16-19-6-5-10-24-13-19)23(27)25-14-18-9-11-26(15-18)17(2)3/h5-8,10,12-13,17-18H,4,9,11,14-16H2,1-3H3,(H,25,27)/t18-/m1/s1. The van der Waals surface area contributed by atoms with E-state index in [9.17, 15) is 4.79 Å². The van der Waals surface area contributed by atoms with Crippen molar-refractivity contribution in [2.45, 2.75) is 39.8 Å². The van der Waals surface area contributed by atoms with Gasteiger partial charge in [-0.15, -0.1) is 0 Å². The maximum absolute atomic E-state index is 12.6. The first-order valence-corrected chi connectivity index (χ1v) is 10.4. The smallest absolute Gasteiger partial charge is 0.251 e. The second kappa shape index (κ2) is 10.3. The molecule has 1 saturated heterocycles.